The Morgan fingerprint density at radius 3 is 0.818 bits per heavy atom. The Morgan fingerprint density at radius 2 is 0.682 bits per heavy atom. The van der Waals surface area contributed by atoms with E-state index in [0.717, 1.165) is 0 Å². The molecule has 120 valence electrons. The fourth-order valence-corrected chi connectivity index (χ4v) is 0.894. The lowest BCUT2D eigenvalue weighted by Gasteiger charge is -1.80. The Balaban J connectivity index is 0. The van der Waals surface area contributed by atoms with E-state index in [2.05, 4.69) is 0 Å². The normalized spacial score (nSPS) is 10.9. The van der Waals surface area contributed by atoms with Crippen molar-refractivity contribution in [3.63, 3.8) is 0 Å². The summed E-state index contributed by atoms with van der Waals surface area (Å²) >= 11 is 0. The Kier molecular flexibility index (Phi) is 13.7. The topological polar surface area (TPSA) is 172 Å². The zero-order valence-corrected chi connectivity index (χ0v) is 12.0. The van der Waals surface area contributed by atoms with Crippen LogP contribution in [-0.2, 0) is 19.2 Å². The van der Waals surface area contributed by atoms with Gasteiger partial charge in [-0.25, -0.2) is 0 Å². The van der Waals surface area contributed by atoms with Gasteiger partial charge in [0.15, 0.2) is 0 Å². The van der Waals surface area contributed by atoms with Gasteiger partial charge in [0.1, 0.15) is 0 Å². The first-order valence-electron chi connectivity index (χ1n) is 6.09. The van der Waals surface area contributed by atoms with Crippen molar-refractivity contribution in [3.05, 3.63) is 48.6 Å². The molecule has 0 radical (unpaired) electrons. The number of hydrogen-bond acceptors (Lipinski definition) is 4. The predicted molar refractivity (Wildman–Crippen MR) is 82.6 cm³/mol. The van der Waals surface area contributed by atoms with Crippen LogP contribution in [0, 0.1) is 0 Å². The maximum Gasteiger partial charge on any atom is 0.241 e. The standard InChI is InChI=1S/2C7H10N2O2/c2*8-6(10)4-2-1-3-5-7(9)11/h2*2-5H,1H2,(H2,8,10)(H2,9,11). The molecule has 22 heavy (non-hydrogen) atoms. The van der Waals surface area contributed by atoms with Crippen molar-refractivity contribution >= 4 is 23.6 Å². The van der Waals surface area contributed by atoms with Gasteiger partial charge in [0.2, 0.25) is 23.6 Å². The molecule has 0 saturated carbocycles. The maximum absolute atomic E-state index is 10.1. The van der Waals surface area contributed by atoms with Gasteiger partial charge in [-0.15, -0.1) is 0 Å². The SMILES string of the molecule is NC(=O)C=CCC=CC(N)=O.NC(=O)C=CCC=CC(N)=O. The van der Waals surface area contributed by atoms with Crippen LogP contribution >= 0.6 is 0 Å². The molecule has 0 unspecified atom stereocenters. The minimum atomic E-state index is -0.502. The largest absolute Gasteiger partial charge is 0.366 e. The van der Waals surface area contributed by atoms with E-state index in [9.17, 15) is 19.2 Å². The third-order valence-corrected chi connectivity index (χ3v) is 1.67. The first kappa shape index (κ1) is 21.1. The Hall–Kier alpha value is -3.16. The molecule has 0 fully saturated rings. The van der Waals surface area contributed by atoms with E-state index in [1.54, 1.807) is 24.3 Å². The van der Waals surface area contributed by atoms with E-state index in [4.69, 9.17) is 22.9 Å². The summed E-state index contributed by atoms with van der Waals surface area (Å²) in [5.74, 6) is -2.01. The third kappa shape index (κ3) is 25.6. The van der Waals surface area contributed by atoms with Crippen molar-refractivity contribution in [2.75, 3.05) is 0 Å². The molecular weight excluding hydrogens is 288 g/mol. The lowest BCUT2D eigenvalue weighted by atomic mass is 10.3. The molecule has 0 aromatic heterocycles. The van der Waals surface area contributed by atoms with Gasteiger partial charge in [-0.05, 0) is 37.1 Å². The highest BCUT2D eigenvalue weighted by Crippen LogP contribution is 1.85. The van der Waals surface area contributed by atoms with Crippen LogP contribution in [0.2, 0.25) is 0 Å². The lowest BCUT2D eigenvalue weighted by molar-refractivity contribution is -0.114. The van der Waals surface area contributed by atoms with E-state index in [1.165, 1.54) is 24.3 Å². The molecule has 8 heteroatoms. The molecule has 4 amide bonds. The summed E-state index contributed by atoms with van der Waals surface area (Å²) in [5.41, 5.74) is 19.2. The summed E-state index contributed by atoms with van der Waals surface area (Å²) in [7, 11) is 0. The first-order valence-corrected chi connectivity index (χ1v) is 6.09. The molecule has 0 bridgehead atoms. The van der Waals surface area contributed by atoms with Crippen molar-refractivity contribution in [3.8, 4) is 0 Å². The second-order valence-electron chi connectivity index (χ2n) is 3.69. The summed E-state index contributed by atoms with van der Waals surface area (Å²) < 4.78 is 0. The second-order valence-corrected chi connectivity index (χ2v) is 3.69. The first-order chi connectivity index (χ1) is 10.3. The van der Waals surface area contributed by atoms with Crippen molar-refractivity contribution in [1.82, 2.24) is 0 Å². The van der Waals surface area contributed by atoms with Crippen molar-refractivity contribution in [1.29, 1.82) is 0 Å². The quantitative estimate of drug-likeness (QED) is 0.418. The van der Waals surface area contributed by atoms with Crippen LogP contribution in [0.4, 0.5) is 0 Å². The zero-order chi connectivity index (χ0) is 17.4. The molecule has 8 nitrogen and oxygen atoms in total. The number of primary amides is 4. The summed E-state index contributed by atoms with van der Waals surface area (Å²) in [6, 6.07) is 0. The fourth-order valence-electron chi connectivity index (χ4n) is 0.894. The maximum atomic E-state index is 10.1. The predicted octanol–water partition coefficient (Wildman–Crippen LogP) is -1.08. The molecule has 8 N–H and O–H groups in total. The van der Waals surface area contributed by atoms with E-state index in [0.29, 0.717) is 12.8 Å². The van der Waals surface area contributed by atoms with E-state index in [-0.39, 0.29) is 0 Å². The molecule has 0 aliphatic heterocycles. The Bertz CT molecular complexity index is 415. The van der Waals surface area contributed by atoms with Crippen molar-refractivity contribution < 1.29 is 19.2 Å². The van der Waals surface area contributed by atoms with Gasteiger partial charge >= 0.3 is 0 Å². The fraction of sp³-hybridized carbons (Fsp3) is 0.143. The number of allylic oxidation sites excluding steroid dienone is 4. The third-order valence-electron chi connectivity index (χ3n) is 1.67. The van der Waals surface area contributed by atoms with Crippen LogP contribution < -0.4 is 22.9 Å². The number of carbonyl (C=O) groups excluding carboxylic acids is 4. The van der Waals surface area contributed by atoms with Gasteiger partial charge in [-0.3, -0.25) is 19.2 Å². The highest BCUT2D eigenvalue weighted by Gasteiger charge is 1.82. The second kappa shape index (κ2) is 14.3. The molecule has 0 aromatic carbocycles. The van der Waals surface area contributed by atoms with Crippen LogP contribution in [0.5, 0.6) is 0 Å². The molecule has 0 rings (SSSR count). The molecular formula is C14H20N4O4. The zero-order valence-electron chi connectivity index (χ0n) is 12.0. The molecule has 0 atom stereocenters. The highest BCUT2D eigenvalue weighted by atomic mass is 16.2. The van der Waals surface area contributed by atoms with Gasteiger partial charge < -0.3 is 22.9 Å². The smallest absolute Gasteiger partial charge is 0.241 e. The highest BCUT2D eigenvalue weighted by molar-refractivity contribution is 5.87. The van der Waals surface area contributed by atoms with E-state index in [1.807, 2.05) is 0 Å². The van der Waals surface area contributed by atoms with Gasteiger partial charge in [0.05, 0.1) is 0 Å². The van der Waals surface area contributed by atoms with E-state index >= 15 is 0 Å². The minimum absolute atomic E-state index is 0.478. The molecule has 0 heterocycles. The van der Waals surface area contributed by atoms with Crippen molar-refractivity contribution in [2.24, 2.45) is 22.9 Å². The number of carbonyl (C=O) groups is 4. The molecule has 0 aromatic rings. The lowest BCUT2D eigenvalue weighted by Crippen LogP contribution is -2.05. The number of nitrogens with two attached hydrogens (primary N) is 4. The average Bonchev–Trinajstić information content (AvgIpc) is 2.37. The molecule has 0 aliphatic rings. The van der Waals surface area contributed by atoms with Crippen molar-refractivity contribution in [2.45, 2.75) is 12.8 Å². The van der Waals surface area contributed by atoms with Crippen LogP contribution in [0.1, 0.15) is 12.8 Å². The van der Waals surface area contributed by atoms with E-state index < -0.39 is 23.6 Å². The molecule has 0 aliphatic carbocycles. The van der Waals surface area contributed by atoms with Crippen LogP contribution in [0.15, 0.2) is 48.6 Å². The Labute approximate surface area is 128 Å². The van der Waals surface area contributed by atoms with Crippen LogP contribution in [0.25, 0.3) is 0 Å². The van der Waals surface area contributed by atoms with Crippen LogP contribution in [-0.4, -0.2) is 23.6 Å². The van der Waals surface area contributed by atoms with Gasteiger partial charge in [-0.2, -0.15) is 0 Å². The van der Waals surface area contributed by atoms with Gasteiger partial charge in [-0.1, -0.05) is 24.3 Å². The number of hydrogen-bond donors (Lipinski definition) is 4. The summed E-state index contributed by atoms with van der Waals surface area (Å²) in [6.45, 7) is 0. The van der Waals surface area contributed by atoms with Gasteiger partial charge in [0.25, 0.3) is 0 Å². The summed E-state index contributed by atoms with van der Waals surface area (Å²) in [6.07, 6.45) is 12.0. The number of amides is 4. The monoisotopic (exact) mass is 308 g/mol. The Morgan fingerprint density at radius 1 is 0.500 bits per heavy atom. The molecule has 0 saturated heterocycles. The average molecular weight is 308 g/mol. The minimum Gasteiger partial charge on any atom is -0.366 e. The number of rotatable bonds is 8. The molecule has 0 spiro atoms. The van der Waals surface area contributed by atoms with Gasteiger partial charge in [0, 0.05) is 0 Å². The summed E-state index contributed by atoms with van der Waals surface area (Å²) in [5, 5.41) is 0. The summed E-state index contributed by atoms with van der Waals surface area (Å²) in [4.78, 5) is 40.5. The van der Waals surface area contributed by atoms with Crippen LogP contribution in [0.3, 0.4) is 0 Å².